The minimum Gasteiger partial charge on any atom is -0.350 e. The second-order valence-electron chi connectivity index (χ2n) is 6.53. The molecule has 7 heteroatoms. The van der Waals surface area contributed by atoms with Gasteiger partial charge in [0.15, 0.2) is 12.0 Å². The fourth-order valence-corrected chi connectivity index (χ4v) is 3.43. The molecule has 1 amide bonds. The zero-order chi connectivity index (χ0) is 17.1. The quantitative estimate of drug-likeness (QED) is 0.843. The van der Waals surface area contributed by atoms with Gasteiger partial charge in [-0.25, -0.2) is 4.68 Å². The number of carbonyl (C=O) groups is 1. The van der Waals surface area contributed by atoms with E-state index < -0.39 is 0 Å². The molecule has 2 aliphatic heterocycles. The zero-order valence-electron chi connectivity index (χ0n) is 14.1. The Morgan fingerprint density at radius 1 is 1.12 bits per heavy atom. The van der Waals surface area contributed by atoms with Crippen molar-refractivity contribution in [1.29, 1.82) is 0 Å². The summed E-state index contributed by atoms with van der Waals surface area (Å²) in [5.41, 5.74) is 1.53. The van der Waals surface area contributed by atoms with Crippen LogP contribution in [0.25, 0.3) is 0 Å². The van der Waals surface area contributed by atoms with Gasteiger partial charge in [0.1, 0.15) is 0 Å². The molecule has 4 rings (SSSR count). The Balaban J connectivity index is 1.34. The van der Waals surface area contributed by atoms with Crippen LogP contribution in [0.3, 0.4) is 0 Å². The van der Waals surface area contributed by atoms with Crippen LogP contribution >= 0.6 is 0 Å². The van der Waals surface area contributed by atoms with E-state index in [1.165, 1.54) is 0 Å². The average Bonchev–Trinajstić information content (AvgIpc) is 3.34. The van der Waals surface area contributed by atoms with Gasteiger partial charge in [-0.2, -0.15) is 0 Å². The number of rotatable bonds is 4. The lowest BCUT2D eigenvalue weighted by Crippen LogP contribution is -2.41. The van der Waals surface area contributed by atoms with Gasteiger partial charge in [-0.15, -0.1) is 5.10 Å². The monoisotopic (exact) mass is 342 g/mol. The number of likely N-dealkylation sites (tertiary alicyclic amines) is 1. The first-order chi connectivity index (χ1) is 12.3. The molecule has 2 aromatic rings. The van der Waals surface area contributed by atoms with E-state index in [0.717, 1.165) is 18.4 Å². The maximum absolute atomic E-state index is 12.6. The van der Waals surface area contributed by atoms with E-state index in [9.17, 15) is 4.79 Å². The molecule has 1 aromatic heterocycles. The van der Waals surface area contributed by atoms with Gasteiger partial charge >= 0.3 is 0 Å². The minimum atomic E-state index is -0.0935. The smallest absolute Gasteiger partial charge is 0.276 e. The molecular formula is C18H22N4O3. The second kappa shape index (κ2) is 7.33. The lowest BCUT2D eigenvalue weighted by Gasteiger charge is -2.33. The van der Waals surface area contributed by atoms with Gasteiger partial charge in [-0.05, 0) is 18.4 Å². The number of carbonyl (C=O) groups excluding carboxylic acids is 1. The van der Waals surface area contributed by atoms with Gasteiger partial charge < -0.3 is 14.4 Å². The van der Waals surface area contributed by atoms with Crippen molar-refractivity contribution in [3.63, 3.8) is 0 Å². The standard InChI is InChI=1S/C18H22N4O3/c23-17(21-8-6-15(7-9-21)18-24-10-11-25-18)16-13-22(20-19-16)12-14-4-2-1-3-5-14/h1-5,13,15,18H,6-12H2. The highest BCUT2D eigenvalue weighted by Gasteiger charge is 2.32. The molecule has 7 nitrogen and oxygen atoms in total. The second-order valence-corrected chi connectivity index (χ2v) is 6.53. The van der Waals surface area contributed by atoms with E-state index in [-0.39, 0.29) is 12.2 Å². The van der Waals surface area contributed by atoms with Crippen molar-refractivity contribution in [2.24, 2.45) is 5.92 Å². The van der Waals surface area contributed by atoms with Crippen LogP contribution in [0.2, 0.25) is 0 Å². The molecule has 3 heterocycles. The summed E-state index contributed by atoms with van der Waals surface area (Å²) in [5, 5.41) is 8.14. The summed E-state index contributed by atoms with van der Waals surface area (Å²) >= 11 is 0. The summed E-state index contributed by atoms with van der Waals surface area (Å²) in [6, 6.07) is 10.0. The van der Waals surface area contributed by atoms with Crippen molar-refractivity contribution in [1.82, 2.24) is 19.9 Å². The van der Waals surface area contributed by atoms with Crippen LogP contribution in [0.4, 0.5) is 0 Å². The number of amides is 1. The third kappa shape index (κ3) is 3.72. The van der Waals surface area contributed by atoms with Crippen LogP contribution in [-0.2, 0) is 16.0 Å². The number of ether oxygens (including phenoxy) is 2. The third-order valence-corrected chi connectivity index (χ3v) is 4.80. The van der Waals surface area contributed by atoms with Crippen molar-refractivity contribution < 1.29 is 14.3 Å². The molecule has 0 bridgehead atoms. The largest absolute Gasteiger partial charge is 0.350 e. The lowest BCUT2D eigenvalue weighted by atomic mass is 9.96. The Hall–Kier alpha value is -2.25. The predicted molar refractivity (Wildman–Crippen MR) is 89.9 cm³/mol. The Morgan fingerprint density at radius 2 is 1.84 bits per heavy atom. The molecule has 2 fully saturated rings. The van der Waals surface area contributed by atoms with E-state index in [2.05, 4.69) is 10.3 Å². The first kappa shape index (κ1) is 16.2. The van der Waals surface area contributed by atoms with Gasteiger partial charge in [0, 0.05) is 19.0 Å². The maximum Gasteiger partial charge on any atom is 0.276 e. The molecule has 0 radical (unpaired) electrons. The number of hydrogen-bond acceptors (Lipinski definition) is 5. The fourth-order valence-electron chi connectivity index (χ4n) is 3.43. The predicted octanol–water partition coefficient (Wildman–Crippen LogP) is 1.55. The molecule has 1 aromatic carbocycles. The fraction of sp³-hybridized carbons (Fsp3) is 0.500. The Bertz CT molecular complexity index is 704. The number of hydrogen-bond donors (Lipinski definition) is 0. The highest BCUT2D eigenvalue weighted by Crippen LogP contribution is 2.26. The van der Waals surface area contributed by atoms with E-state index >= 15 is 0 Å². The lowest BCUT2D eigenvalue weighted by molar-refractivity contribution is -0.0956. The highest BCUT2D eigenvalue weighted by molar-refractivity contribution is 5.92. The van der Waals surface area contributed by atoms with Gasteiger partial charge in [0.25, 0.3) is 5.91 Å². The number of piperidine rings is 1. The SMILES string of the molecule is O=C(c1cn(Cc2ccccc2)nn1)N1CCC(C2OCCO2)CC1. The Labute approximate surface area is 146 Å². The number of benzene rings is 1. The van der Waals surface area contributed by atoms with E-state index in [1.807, 2.05) is 35.2 Å². The van der Waals surface area contributed by atoms with Crippen LogP contribution in [0.15, 0.2) is 36.5 Å². The summed E-state index contributed by atoms with van der Waals surface area (Å²) in [7, 11) is 0. The topological polar surface area (TPSA) is 69.5 Å². The molecule has 0 N–H and O–H groups in total. The molecule has 2 aliphatic rings. The van der Waals surface area contributed by atoms with Crippen molar-refractivity contribution in [3.05, 3.63) is 47.8 Å². The van der Waals surface area contributed by atoms with Gasteiger partial charge in [-0.3, -0.25) is 4.79 Å². The molecule has 0 saturated carbocycles. The number of aromatic nitrogens is 3. The van der Waals surface area contributed by atoms with E-state index in [4.69, 9.17) is 9.47 Å². The van der Waals surface area contributed by atoms with Crippen LogP contribution in [0, 0.1) is 5.92 Å². The molecule has 0 unspecified atom stereocenters. The zero-order valence-corrected chi connectivity index (χ0v) is 14.1. The van der Waals surface area contributed by atoms with Gasteiger partial charge in [-0.1, -0.05) is 35.5 Å². The first-order valence-corrected chi connectivity index (χ1v) is 8.76. The molecule has 0 atom stereocenters. The van der Waals surface area contributed by atoms with E-state index in [1.54, 1.807) is 10.9 Å². The molecule has 25 heavy (non-hydrogen) atoms. The average molecular weight is 342 g/mol. The van der Waals surface area contributed by atoms with E-state index in [0.29, 0.717) is 44.5 Å². The Morgan fingerprint density at radius 3 is 2.56 bits per heavy atom. The summed E-state index contributed by atoms with van der Waals surface area (Å²) in [6.45, 7) is 3.37. The van der Waals surface area contributed by atoms with Crippen molar-refractivity contribution in [2.75, 3.05) is 26.3 Å². The summed E-state index contributed by atoms with van der Waals surface area (Å²) in [6.07, 6.45) is 3.43. The Kier molecular flexibility index (Phi) is 4.76. The van der Waals surface area contributed by atoms with Gasteiger partial charge in [0.05, 0.1) is 26.0 Å². The highest BCUT2D eigenvalue weighted by atomic mass is 16.7. The number of nitrogens with zero attached hydrogens (tertiary/aromatic N) is 4. The van der Waals surface area contributed by atoms with Crippen molar-refractivity contribution in [3.8, 4) is 0 Å². The summed E-state index contributed by atoms with van der Waals surface area (Å²) in [4.78, 5) is 14.5. The normalized spacial score (nSPS) is 19.4. The molecule has 0 aliphatic carbocycles. The minimum absolute atomic E-state index is 0.0500. The van der Waals surface area contributed by atoms with Crippen LogP contribution in [-0.4, -0.2) is 58.4 Å². The van der Waals surface area contributed by atoms with Crippen molar-refractivity contribution in [2.45, 2.75) is 25.7 Å². The van der Waals surface area contributed by atoms with Gasteiger partial charge in [0.2, 0.25) is 0 Å². The van der Waals surface area contributed by atoms with Crippen LogP contribution in [0.1, 0.15) is 28.9 Å². The summed E-state index contributed by atoms with van der Waals surface area (Å²) < 4.78 is 12.9. The van der Waals surface area contributed by atoms with Crippen LogP contribution in [0.5, 0.6) is 0 Å². The summed E-state index contributed by atoms with van der Waals surface area (Å²) in [5.74, 6) is 0.325. The molecular weight excluding hydrogens is 320 g/mol. The molecule has 0 spiro atoms. The van der Waals surface area contributed by atoms with Crippen LogP contribution < -0.4 is 0 Å². The maximum atomic E-state index is 12.6. The van der Waals surface area contributed by atoms with Crippen molar-refractivity contribution >= 4 is 5.91 Å². The molecule has 132 valence electrons. The third-order valence-electron chi connectivity index (χ3n) is 4.80. The molecule has 2 saturated heterocycles. The first-order valence-electron chi connectivity index (χ1n) is 8.76.